The van der Waals surface area contributed by atoms with Gasteiger partial charge >= 0.3 is 0 Å². The molecule has 3 heterocycles. The maximum atomic E-state index is 13.2. The molecule has 31 heavy (non-hydrogen) atoms. The van der Waals surface area contributed by atoms with E-state index in [0.29, 0.717) is 11.5 Å². The molecule has 0 aromatic carbocycles. The molecular formula is C21H25N4O5S. The zero-order chi connectivity index (χ0) is 22.0. The van der Waals surface area contributed by atoms with Gasteiger partial charge in [-0.1, -0.05) is 19.3 Å². The van der Waals surface area contributed by atoms with Gasteiger partial charge in [0.15, 0.2) is 10.9 Å². The van der Waals surface area contributed by atoms with Gasteiger partial charge < -0.3 is 20.2 Å². The number of carbonyl (C=O) groups is 3. The molecule has 4 rings (SSSR count). The van der Waals surface area contributed by atoms with Crippen molar-refractivity contribution >= 4 is 34.2 Å². The van der Waals surface area contributed by atoms with Crippen molar-refractivity contribution in [1.82, 2.24) is 9.88 Å². The number of likely N-dealkylation sites (tertiary alicyclic amines) is 1. The summed E-state index contributed by atoms with van der Waals surface area (Å²) in [5.74, 6) is -1.57. The fourth-order valence-electron chi connectivity index (χ4n) is 4.38. The Hall–Kier alpha value is -2.72. The molecule has 2 aromatic heterocycles. The average Bonchev–Trinajstić information content (AvgIpc) is 3.48. The van der Waals surface area contributed by atoms with Crippen LogP contribution in [0.5, 0.6) is 0 Å². The van der Waals surface area contributed by atoms with Gasteiger partial charge in [0, 0.05) is 18.3 Å². The largest absolute Gasteiger partial charge is 0.463 e. The molecule has 2 aliphatic rings. The molecular weight excluding hydrogens is 420 g/mol. The third kappa shape index (κ3) is 4.22. The molecule has 1 aliphatic carbocycles. The second-order valence-corrected chi connectivity index (χ2v) is 8.92. The number of amides is 3. The highest BCUT2D eigenvalue weighted by molar-refractivity contribution is 7.14. The Labute approximate surface area is 183 Å². The predicted octanol–water partition coefficient (Wildman–Crippen LogP) is 1.94. The number of β-amino-alcohol motifs (C(OH)–C–C–N with tert-alkyl or cyclic N) is 1. The van der Waals surface area contributed by atoms with Crippen LogP contribution in [0.3, 0.4) is 0 Å². The Morgan fingerprint density at radius 3 is 2.77 bits per heavy atom. The lowest BCUT2D eigenvalue weighted by Crippen LogP contribution is -2.63. The number of hydrogen-bond donors (Lipinski definition) is 3. The SMILES string of the molecule is NC(=O)[C@]1(C(=O)Nc2nc(-c3ccco3)cs2)C[C@H](O)CN1C(=O)[CH]C1CCCCC1. The van der Waals surface area contributed by atoms with Gasteiger partial charge in [-0.15, -0.1) is 11.3 Å². The Morgan fingerprint density at radius 1 is 1.32 bits per heavy atom. The fraction of sp³-hybridized carbons (Fsp3) is 0.476. The van der Waals surface area contributed by atoms with Crippen LogP contribution in [0.2, 0.25) is 0 Å². The third-order valence-electron chi connectivity index (χ3n) is 5.96. The monoisotopic (exact) mass is 445 g/mol. The van der Waals surface area contributed by atoms with Crippen LogP contribution in [0.25, 0.3) is 11.5 Å². The number of nitrogens with one attached hydrogen (secondary N) is 1. The number of nitrogens with two attached hydrogens (primary N) is 1. The molecule has 2 fully saturated rings. The Morgan fingerprint density at radius 2 is 2.10 bits per heavy atom. The minimum Gasteiger partial charge on any atom is -0.463 e. The molecule has 1 saturated carbocycles. The zero-order valence-corrected chi connectivity index (χ0v) is 17.8. The summed E-state index contributed by atoms with van der Waals surface area (Å²) in [7, 11) is 0. The number of anilines is 1. The summed E-state index contributed by atoms with van der Waals surface area (Å²) in [6.07, 6.45) is 6.82. The van der Waals surface area contributed by atoms with Crippen LogP contribution < -0.4 is 11.1 Å². The quantitative estimate of drug-likeness (QED) is 0.581. The van der Waals surface area contributed by atoms with E-state index in [2.05, 4.69) is 10.3 Å². The number of aliphatic hydroxyl groups excluding tert-OH is 1. The number of rotatable bonds is 6. The second kappa shape index (κ2) is 8.80. The van der Waals surface area contributed by atoms with Gasteiger partial charge in [-0.25, -0.2) is 4.98 Å². The number of aliphatic hydroxyl groups is 1. The first-order valence-electron chi connectivity index (χ1n) is 10.4. The van der Waals surface area contributed by atoms with Crippen molar-refractivity contribution in [1.29, 1.82) is 0 Å². The van der Waals surface area contributed by atoms with Crippen molar-refractivity contribution in [3.8, 4) is 11.5 Å². The fourth-order valence-corrected chi connectivity index (χ4v) is 5.08. The average molecular weight is 446 g/mol. The molecule has 165 valence electrons. The van der Waals surface area contributed by atoms with E-state index < -0.39 is 29.4 Å². The van der Waals surface area contributed by atoms with Crippen molar-refractivity contribution in [2.24, 2.45) is 11.7 Å². The normalized spacial score (nSPS) is 24.3. The Balaban J connectivity index is 1.54. The highest BCUT2D eigenvalue weighted by atomic mass is 32.1. The molecule has 0 spiro atoms. The van der Waals surface area contributed by atoms with Crippen LogP contribution in [0.4, 0.5) is 5.13 Å². The minimum atomic E-state index is -1.97. The van der Waals surface area contributed by atoms with Gasteiger partial charge in [0.05, 0.1) is 18.8 Å². The number of furan rings is 1. The van der Waals surface area contributed by atoms with Crippen LogP contribution in [-0.4, -0.2) is 50.9 Å². The zero-order valence-electron chi connectivity index (χ0n) is 17.0. The lowest BCUT2D eigenvalue weighted by Gasteiger charge is -2.34. The number of carbonyl (C=O) groups excluding carboxylic acids is 3. The van der Waals surface area contributed by atoms with Gasteiger partial charge in [-0.3, -0.25) is 19.7 Å². The number of thiazole rings is 1. The molecule has 1 radical (unpaired) electrons. The van der Waals surface area contributed by atoms with E-state index in [1.165, 1.54) is 6.26 Å². The first kappa shape index (κ1) is 21.5. The molecule has 4 N–H and O–H groups in total. The van der Waals surface area contributed by atoms with Gasteiger partial charge in [0.2, 0.25) is 11.4 Å². The molecule has 2 aromatic rings. The number of nitrogens with zero attached hydrogens (tertiary/aromatic N) is 2. The molecule has 9 nitrogen and oxygen atoms in total. The molecule has 1 aliphatic heterocycles. The number of aromatic nitrogens is 1. The van der Waals surface area contributed by atoms with Gasteiger partial charge in [0.1, 0.15) is 5.69 Å². The maximum absolute atomic E-state index is 13.2. The van der Waals surface area contributed by atoms with Crippen molar-refractivity contribution in [3.05, 3.63) is 30.2 Å². The van der Waals surface area contributed by atoms with E-state index >= 15 is 0 Å². The molecule has 2 atom stereocenters. The summed E-state index contributed by atoms with van der Waals surface area (Å²) in [5.41, 5.74) is 4.20. The standard InChI is InChI=1S/C21H25N4O5S/c22-18(28)21(19(29)24-20-23-15(12-31-20)16-7-4-8-30-16)10-14(26)11-25(21)17(27)9-13-5-2-1-3-6-13/h4,7-9,12-14,26H,1-3,5-6,10-11H2,(H2,22,28)(H,23,24,29)/t14-,21-/m0/s1. The molecule has 10 heteroatoms. The Bertz CT molecular complexity index is 953. The summed E-state index contributed by atoms with van der Waals surface area (Å²) in [6, 6.07) is 3.46. The number of hydrogen-bond acceptors (Lipinski definition) is 7. The first-order chi connectivity index (χ1) is 14.9. The second-order valence-electron chi connectivity index (χ2n) is 8.07. The van der Waals surface area contributed by atoms with E-state index in [0.717, 1.165) is 48.3 Å². The molecule has 3 amide bonds. The van der Waals surface area contributed by atoms with Crippen LogP contribution in [-0.2, 0) is 14.4 Å². The third-order valence-corrected chi connectivity index (χ3v) is 6.72. The van der Waals surface area contributed by atoms with E-state index in [1.807, 2.05) is 0 Å². The highest BCUT2D eigenvalue weighted by Crippen LogP contribution is 2.35. The van der Waals surface area contributed by atoms with Crippen LogP contribution in [0, 0.1) is 12.3 Å². The lowest BCUT2D eigenvalue weighted by molar-refractivity contribution is -0.148. The van der Waals surface area contributed by atoms with Crippen LogP contribution in [0.1, 0.15) is 38.5 Å². The van der Waals surface area contributed by atoms with Gasteiger partial charge in [-0.05, 0) is 30.9 Å². The maximum Gasteiger partial charge on any atom is 0.262 e. The highest BCUT2D eigenvalue weighted by Gasteiger charge is 2.57. The minimum absolute atomic E-state index is 0.0995. The van der Waals surface area contributed by atoms with Crippen LogP contribution in [0.15, 0.2) is 28.2 Å². The summed E-state index contributed by atoms with van der Waals surface area (Å²) in [5, 5.41) is 14.8. The smallest absolute Gasteiger partial charge is 0.262 e. The van der Waals surface area contributed by atoms with Crippen molar-refractivity contribution in [3.63, 3.8) is 0 Å². The summed E-state index contributed by atoms with van der Waals surface area (Å²) in [6.45, 7) is -0.131. The van der Waals surface area contributed by atoms with E-state index in [1.54, 1.807) is 23.9 Å². The molecule has 1 saturated heterocycles. The summed E-state index contributed by atoms with van der Waals surface area (Å²) < 4.78 is 5.30. The Kier molecular flexibility index (Phi) is 6.10. The lowest BCUT2D eigenvalue weighted by atomic mass is 9.86. The van der Waals surface area contributed by atoms with Crippen molar-refractivity contribution < 1.29 is 23.9 Å². The van der Waals surface area contributed by atoms with Crippen molar-refractivity contribution in [2.45, 2.75) is 50.2 Å². The predicted molar refractivity (Wildman–Crippen MR) is 114 cm³/mol. The van der Waals surface area contributed by atoms with E-state index in [9.17, 15) is 19.5 Å². The first-order valence-corrected chi connectivity index (χ1v) is 11.2. The topological polar surface area (TPSA) is 139 Å². The summed E-state index contributed by atoms with van der Waals surface area (Å²) >= 11 is 1.16. The summed E-state index contributed by atoms with van der Waals surface area (Å²) in [4.78, 5) is 44.2. The molecule has 0 bridgehead atoms. The molecule has 0 unspecified atom stereocenters. The van der Waals surface area contributed by atoms with Gasteiger partial charge in [0.25, 0.3) is 11.8 Å². The number of primary amides is 1. The van der Waals surface area contributed by atoms with Crippen LogP contribution >= 0.6 is 11.3 Å². The van der Waals surface area contributed by atoms with E-state index in [-0.39, 0.29) is 24.0 Å². The van der Waals surface area contributed by atoms with E-state index in [4.69, 9.17) is 10.2 Å². The van der Waals surface area contributed by atoms with Crippen molar-refractivity contribution in [2.75, 3.05) is 11.9 Å². The van der Waals surface area contributed by atoms with Gasteiger partial charge in [-0.2, -0.15) is 0 Å².